The Morgan fingerprint density at radius 3 is 2.86 bits per heavy atom. The predicted octanol–water partition coefficient (Wildman–Crippen LogP) is 1.31. The van der Waals surface area contributed by atoms with E-state index in [0.29, 0.717) is 17.0 Å². The molecular weight excluding hydrogens is 301 g/mol. The Labute approximate surface area is 121 Å². The Morgan fingerprint density at radius 2 is 2.09 bits per heavy atom. The summed E-state index contributed by atoms with van der Waals surface area (Å²) in [6.45, 7) is -1.05. The summed E-state index contributed by atoms with van der Waals surface area (Å²) < 4.78 is 38.4. The molecule has 0 saturated carbocycles. The van der Waals surface area contributed by atoms with E-state index >= 15 is 0 Å². The molecule has 0 bridgehead atoms. The molecule has 3 rings (SSSR count). The molecule has 0 aliphatic rings. The van der Waals surface area contributed by atoms with Crippen LogP contribution in [0.15, 0.2) is 18.7 Å². The molecule has 0 fully saturated rings. The molecule has 3 heterocycles. The number of halogens is 3. The molecule has 0 aliphatic heterocycles. The van der Waals surface area contributed by atoms with Gasteiger partial charge in [-0.3, -0.25) is 0 Å². The number of aromatic amines is 1. The number of alkyl halides is 3. The third-order valence-corrected chi connectivity index (χ3v) is 2.87. The van der Waals surface area contributed by atoms with Gasteiger partial charge >= 0.3 is 6.18 Å². The van der Waals surface area contributed by atoms with Gasteiger partial charge in [-0.2, -0.15) is 23.1 Å². The number of nitrogens with one attached hydrogen (secondary N) is 2. The Morgan fingerprint density at radius 1 is 1.27 bits per heavy atom. The zero-order valence-electron chi connectivity index (χ0n) is 11.1. The van der Waals surface area contributed by atoms with Crippen LogP contribution in [0.25, 0.3) is 11.2 Å². The zero-order valence-corrected chi connectivity index (χ0v) is 11.1. The minimum atomic E-state index is -4.31. The summed E-state index contributed by atoms with van der Waals surface area (Å²) in [7, 11) is 0. The lowest BCUT2D eigenvalue weighted by molar-refractivity contribution is -0.141. The quantitative estimate of drug-likeness (QED) is 0.670. The van der Waals surface area contributed by atoms with Gasteiger partial charge in [-0.1, -0.05) is 0 Å². The van der Waals surface area contributed by atoms with Gasteiger partial charge in [-0.15, -0.1) is 0 Å². The topological polar surface area (TPSA) is 110 Å². The lowest BCUT2D eigenvalue weighted by Crippen LogP contribution is -2.20. The first-order valence-electron chi connectivity index (χ1n) is 6.19. The number of rotatable bonds is 4. The van der Waals surface area contributed by atoms with Crippen molar-refractivity contribution >= 4 is 22.9 Å². The van der Waals surface area contributed by atoms with Crippen LogP contribution in [0.2, 0.25) is 0 Å². The van der Waals surface area contributed by atoms with Crippen LogP contribution in [0.1, 0.15) is 5.82 Å². The molecule has 0 atom stereocenters. The Hall–Kier alpha value is -2.85. The summed E-state index contributed by atoms with van der Waals surface area (Å²) in [5, 5.41) is 2.89. The van der Waals surface area contributed by atoms with E-state index < -0.39 is 12.7 Å². The fraction of sp³-hybridized carbons (Fsp3) is 0.273. The van der Waals surface area contributed by atoms with Crippen LogP contribution in [0.4, 0.5) is 24.9 Å². The number of imidazole rings is 2. The summed E-state index contributed by atoms with van der Waals surface area (Å²) in [5.74, 6) is 0.587. The summed E-state index contributed by atoms with van der Waals surface area (Å²) in [6.07, 6.45) is -0.312. The maximum Gasteiger partial charge on any atom is 0.406 e. The number of H-pyrrole nitrogens is 1. The van der Waals surface area contributed by atoms with Crippen molar-refractivity contribution in [2.75, 3.05) is 11.1 Å². The highest BCUT2D eigenvalue weighted by atomic mass is 19.4. The monoisotopic (exact) mass is 312 g/mol. The number of aromatic nitrogens is 6. The van der Waals surface area contributed by atoms with Gasteiger partial charge < -0.3 is 20.6 Å². The van der Waals surface area contributed by atoms with E-state index in [1.54, 1.807) is 0 Å². The number of nitrogens with zero attached hydrogens (tertiary/aromatic N) is 5. The molecule has 0 aliphatic carbocycles. The van der Waals surface area contributed by atoms with E-state index in [4.69, 9.17) is 5.73 Å². The third kappa shape index (κ3) is 2.92. The van der Waals surface area contributed by atoms with E-state index in [2.05, 4.69) is 30.2 Å². The molecule has 0 saturated heterocycles. The Bertz CT molecular complexity index is 790. The van der Waals surface area contributed by atoms with Crippen molar-refractivity contribution in [3.05, 3.63) is 24.5 Å². The van der Waals surface area contributed by atoms with Gasteiger partial charge in [0.05, 0.1) is 12.9 Å². The van der Waals surface area contributed by atoms with Gasteiger partial charge in [0.15, 0.2) is 11.5 Å². The Kier molecular flexibility index (Phi) is 3.31. The lowest BCUT2D eigenvalue weighted by atomic mass is 10.4. The van der Waals surface area contributed by atoms with Crippen LogP contribution in [-0.4, -0.2) is 35.7 Å². The normalized spacial score (nSPS) is 12.0. The Balaban J connectivity index is 1.80. The average Bonchev–Trinajstić information content (AvgIpc) is 3.03. The summed E-state index contributed by atoms with van der Waals surface area (Å²) in [6, 6.07) is 0. The van der Waals surface area contributed by atoms with E-state index in [-0.39, 0.29) is 18.3 Å². The van der Waals surface area contributed by atoms with Crippen molar-refractivity contribution in [2.45, 2.75) is 19.3 Å². The number of nitrogen functional groups attached to an aromatic ring is 1. The molecule has 4 N–H and O–H groups in total. The summed E-state index contributed by atoms with van der Waals surface area (Å²) in [5.41, 5.74) is 6.45. The minimum absolute atomic E-state index is 0.0146. The van der Waals surface area contributed by atoms with Gasteiger partial charge in [0.25, 0.3) is 0 Å². The van der Waals surface area contributed by atoms with Gasteiger partial charge in [-0.05, 0) is 0 Å². The standard InChI is InChI=1S/C11H11F3N8/c12-11(13,14)4-22-2-1-16-6(22)3-17-8-7-9(19-5-18-7)21-10(15)20-8/h1-2,5H,3-4H2,(H4,15,17,18,19,20,21). The highest BCUT2D eigenvalue weighted by Gasteiger charge is 2.28. The smallest absolute Gasteiger partial charge is 0.368 e. The molecule has 3 aromatic rings. The molecule has 0 aromatic carbocycles. The minimum Gasteiger partial charge on any atom is -0.368 e. The van der Waals surface area contributed by atoms with Crippen molar-refractivity contribution < 1.29 is 13.2 Å². The molecule has 0 amide bonds. The summed E-state index contributed by atoms with van der Waals surface area (Å²) >= 11 is 0. The molecule has 11 heteroatoms. The van der Waals surface area contributed by atoms with Crippen LogP contribution in [0, 0.1) is 0 Å². The van der Waals surface area contributed by atoms with E-state index in [1.807, 2.05) is 0 Å². The first-order chi connectivity index (χ1) is 10.4. The largest absolute Gasteiger partial charge is 0.406 e. The van der Waals surface area contributed by atoms with Gasteiger partial charge in [0, 0.05) is 12.4 Å². The molecule has 0 radical (unpaired) electrons. The van der Waals surface area contributed by atoms with Crippen LogP contribution in [0.3, 0.4) is 0 Å². The van der Waals surface area contributed by atoms with Crippen LogP contribution in [0.5, 0.6) is 0 Å². The highest BCUT2D eigenvalue weighted by Crippen LogP contribution is 2.20. The van der Waals surface area contributed by atoms with Crippen LogP contribution < -0.4 is 11.1 Å². The van der Waals surface area contributed by atoms with E-state index in [0.717, 1.165) is 4.57 Å². The van der Waals surface area contributed by atoms with Gasteiger partial charge in [-0.25, -0.2) is 9.97 Å². The fourth-order valence-electron chi connectivity index (χ4n) is 1.99. The number of hydrogen-bond donors (Lipinski definition) is 3. The number of hydrogen-bond acceptors (Lipinski definition) is 6. The van der Waals surface area contributed by atoms with Crippen molar-refractivity contribution in [3.8, 4) is 0 Å². The van der Waals surface area contributed by atoms with Crippen molar-refractivity contribution in [1.82, 2.24) is 29.5 Å². The number of nitrogens with two attached hydrogens (primary N) is 1. The van der Waals surface area contributed by atoms with Crippen molar-refractivity contribution in [2.24, 2.45) is 0 Å². The summed E-state index contributed by atoms with van der Waals surface area (Å²) in [4.78, 5) is 18.6. The van der Waals surface area contributed by atoms with Crippen LogP contribution >= 0.6 is 0 Å². The van der Waals surface area contributed by atoms with E-state index in [9.17, 15) is 13.2 Å². The molecule has 116 valence electrons. The van der Waals surface area contributed by atoms with E-state index in [1.165, 1.54) is 18.7 Å². The van der Waals surface area contributed by atoms with Gasteiger partial charge in [0.2, 0.25) is 5.95 Å². The third-order valence-electron chi connectivity index (χ3n) is 2.87. The molecule has 0 unspecified atom stereocenters. The van der Waals surface area contributed by atoms with Gasteiger partial charge in [0.1, 0.15) is 17.9 Å². The van der Waals surface area contributed by atoms with Crippen molar-refractivity contribution in [1.29, 1.82) is 0 Å². The maximum atomic E-state index is 12.5. The maximum absolute atomic E-state index is 12.5. The highest BCUT2D eigenvalue weighted by molar-refractivity contribution is 5.83. The number of fused-ring (bicyclic) bond motifs is 1. The predicted molar refractivity (Wildman–Crippen MR) is 71.7 cm³/mol. The van der Waals surface area contributed by atoms with Crippen LogP contribution in [-0.2, 0) is 13.1 Å². The average molecular weight is 312 g/mol. The molecule has 22 heavy (non-hydrogen) atoms. The molecule has 8 nitrogen and oxygen atoms in total. The lowest BCUT2D eigenvalue weighted by Gasteiger charge is -2.11. The molecule has 0 spiro atoms. The SMILES string of the molecule is Nc1nc(NCc2nccn2CC(F)(F)F)c2[nH]cnc2n1. The molecular formula is C11H11F3N8. The first-order valence-corrected chi connectivity index (χ1v) is 6.19. The molecule has 3 aromatic heterocycles. The fourth-order valence-corrected chi connectivity index (χ4v) is 1.99. The zero-order chi connectivity index (χ0) is 15.7. The second-order valence-electron chi connectivity index (χ2n) is 4.47. The first kappa shape index (κ1) is 14.1. The number of anilines is 2. The van der Waals surface area contributed by atoms with Crippen molar-refractivity contribution in [3.63, 3.8) is 0 Å². The second-order valence-corrected chi connectivity index (χ2v) is 4.47. The second kappa shape index (κ2) is 5.16.